The number of aryl methyl sites for hydroxylation is 1. The molecule has 146 valence electrons. The van der Waals surface area contributed by atoms with E-state index in [0.717, 1.165) is 11.1 Å². The molecule has 0 spiro atoms. The van der Waals surface area contributed by atoms with Crippen molar-refractivity contribution in [1.82, 2.24) is 15.0 Å². The average Bonchev–Trinajstić information content (AvgIpc) is 3.17. The van der Waals surface area contributed by atoms with Crippen LogP contribution in [0.2, 0.25) is 5.02 Å². The van der Waals surface area contributed by atoms with Crippen LogP contribution >= 0.6 is 11.6 Å². The van der Waals surface area contributed by atoms with Crippen molar-refractivity contribution in [2.45, 2.75) is 32.2 Å². The highest BCUT2D eigenvalue weighted by Gasteiger charge is 2.17. The minimum absolute atomic E-state index is 0.00858. The van der Waals surface area contributed by atoms with Gasteiger partial charge in [-0.15, -0.1) is 0 Å². The second-order valence-corrected chi connectivity index (χ2v) is 7.04. The molecule has 1 amide bonds. The van der Waals surface area contributed by atoms with E-state index >= 15 is 0 Å². The lowest BCUT2D eigenvalue weighted by molar-refractivity contribution is -0.131. The Morgan fingerprint density at radius 1 is 1.18 bits per heavy atom. The van der Waals surface area contributed by atoms with Gasteiger partial charge in [-0.1, -0.05) is 28.9 Å². The molecule has 1 heterocycles. The van der Waals surface area contributed by atoms with Crippen LogP contribution in [0, 0.1) is 5.82 Å². The Labute approximate surface area is 168 Å². The lowest BCUT2D eigenvalue weighted by Crippen LogP contribution is -2.29. The molecule has 0 saturated carbocycles. The summed E-state index contributed by atoms with van der Waals surface area (Å²) in [6.45, 7) is 1.92. The number of rotatable bonds is 7. The average molecular weight is 402 g/mol. The van der Waals surface area contributed by atoms with Gasteiger partial charge in [0, 0.05) is 30.5 Å². The summed E-state index contributed by atoms with van der Waals surface area (Å²) < 4.78 is 18.3. The quantitative estimate of drug-likeness (QED) is 0.554. The predicted molar refractivity (Wildman–Crippen MR) is 105 cm³/mol. The van der Waals surface area contributed by atoms with Gasteiger partial charge in [-0.05, 0) is 55.3 Å². The first-order valence-electron chi connectivity index (χ1n) is 9.03. The van der Waals surface area contributed by atoms with Crippen LogP contribution in [-0.2, 0) is 11.2 Å². The number of amides is 1. The highest BCUT2D eigenvalue weighted by Crippen LogP contribution is 2.21. The van der Waals surface area contributed by atoms with Crippen LogP contribution in [0.1, 0.15) is 37.3 Å². The fourth-order valence-corrected chi connectivity index (χ4v) is 2.95. The van der Waals surface area contributed by atoms with E-state index in [-0.39, 0.29) is 17.8 Å². The third kappa shape index (κ3) is 4.95. The summed E-state index contributed by atoms with van der Waals surface area (Å²) >= 11 is 5.88. The summed E-state index contributed by atoms with van der Waals surface area (Å²) in [6, 6.07) is 13.2. The summed E-state index contributed by atoms with van der Waals surface area (Å²) in [4.78, 5) is 18.5. The first kappa shape index (κ1) is 20.0. The number of hydrogen-bond donors (Lipinski definition) is 0. The molecule has 0 aliphatic heterocycles. The van der Waals surface area contributed by atoms with E-state index in [4.69, 9.17) is 16.1 Å². The molecule has 1 atom stereocenters. The summed E-state index contributed by atoms with van der Waals surface area (Å²) in [7, 11) is 1.75. The number of carbonyl (C=O) groups excluding carboxylic acids is 1. The van der Waals surface area contributed by atoms with Crippen LogP contribution in [0.5, 0.6) is 0 Å². The van der Waals surface area contributed by atoms with Gasteiger partial charge in [-0.3, -0.25) is 4.79 Å². The zero-order valence-corrected chi connectivity index (χ0v) is 16.5. The molecule has 0 aliphatic carbocycles. The van der Waals surface area contributed by atoms with Crippen molar-refractivity contribution >= 4 is 17.5 Å². The molecule has 3 aromatic rings. The predicted octanol–water partition coefficient (Wildman–Crippen LogP) is 5.07. The van der Waals surface area contributed by atoms with Crippen LogP contribution in [0.15, 0.2) is 53.1 Å². The van der Waals surface area contributed by atoms with Crippen LogP contribution in [0.3, 0.4) is 0 Å². The minimum Gasteiger partial charge on any atom is -0.339 e. The number of nitrogens with zero attached hydrogens (tertiary/aromatic N) is 3. The van der Waals surface area contributed by atoms with Gasteiger partial charge >= 0.3 is 0 Å². The molecule has 5 nitrogen and oxygen atoms in total. The molecule has 0 saturated heterocycles. The van der Waals surface area contributed by atoms with Gasteiger partial charge in [0.1, 0.15) is 5.82 Å². The lowest BCUT2D eigenvalue weighted by Gasteiger charge is -2.25. The van der Waals surface area contributed by atoms with Gasteiger partial charge in [-0.2, -0.15) is 4.98 Å². The van der Waals surface area contributed by atoms with Crippen molar-refractivity contribution in [1.29, 1.82) is 0 Å². The number of carbonyl (C=O) groups is 1. The number of aromatic nitrogens is 2. The molecule has 7 heteroatoms. The van der Waals surface area contributed by atoms with Gasteiger partial charge in [-0.25, -0.2) is 4.39 Å². The van der Waals surface area contributed by atoms with E-state index in [1.807, 2.05) is 19.1 Å². The molecular weight excluding hydrogens is 381 g/mol. The van der Waals surface area contributed by atoms with Crippen molar-refractivity contribution < 1.29 is 13.7 Å². The SMILES string of the molecule is CC(c1ccc(F)cc1)N(C)C(=O)CCCc1nc(-c2ccc(Cl)cc2)no1. The van der Waals surface area contributed by atoms with Gasteiger partial charge in [0.15, 0.2) is 0 Å². The monoisotopic (exact) mass is 401 g/mol. The van der Waals surface area contributed by atoms with Crippen molar-refractivity contribution in [2.24, 2.45) is 0 Å². The van der Waals surface area contributed by atoms with Crippen molar-refractivity contribution in [3.05, 3.63) is 70.8 Å². The van der Waals surface area contributed by atoms with E-state index in [2.05, 4.69) is 10.1 Å². The largest absolute Gasteiger partial charge is 0.339 e. The number of hydrogen-bond acceptors (Lipinski definition) is 4. The zero-order valence-electron chi connectivity index (χ0n) is 15.7. The second kappa shape index (κ2) is 8.97. The van der Waals surface area contributed by atoms with Crippen LogP contribution in [0.25, 0.3) is 11.4 Å². The number of benzene rings is 2. The maximum absolute atomic E-state index is 13.1. The fourth-order valence-electron chi connectivity index (χ4n) is 2.82. The first-order valence-corrected chi connectivity index (χ1v) is 9.41. The maximum atomic E-state index is 13.1. The fraction of sp³-hybridized carbons (Fsp3) is 0.286. The molecule has 1 unspecified atom stereocenters. The Bertz CT molecular complexity index is 926. The molecule has 0 N–H and O–H groups in total. The van der Waals surface area contributed by atoms with Gasteiger partial charge in [0.2, 0.25) is 17.6 Å². The van der Waals surface area contributed by atoms with E-state index in [1.54, 1.807) is 36.2 Å². The van der Waals surface area contributed by atoms with Crippen molar-refractivity contribution in [2.75, 3.05) is 7.05 Å². The third-order valence-electron chi connectivity index (χ3n) is 4.68. The molecule has 0 fully saturated rings. The summed E-state index contributed by atoms with van der Waals surface area (Å²) in [5.41, 5.74) is 1.71. The van der Waals surface area contributed by atoms with E-state index in [1.165, 1.54) is 12.1 Å². The Balaban J connectivity index is 1.51. The molecule has 0 bridgehead atoms. The summed E-state index contributed by atoms with van der Waals surface area (Å²) in [5.74, 6) is 0.712. The van der Waals surface area contributed by atoms with Crippen molar-refractivity contribution in [3.8, 4) is 11.4 Å². The Morgan fingerprint density at radius 3 is 2.54 bits per heavy atom. The molecule has 0 aliphatic rings. The number of halogens is 2. The van der Waals surface area contributed by atoms with Gasteiger partial charge < -0.3 is 9.42 Å². The molecule has 28 heavy (non-hydrogen) atoms. The topological polar surface area (TPSA) is 59.2 Å². The Hall–Kier alpha value is -2.73. The zero-order chi connectivity index (χ0) is 20.1. The third-order valence-corrected chi connectivity index (χ3v) is 4.93. The Morgan fingerprint density at radius 2 is 1.86 bits per heavy atom. The highest BCUT2D eigenvalue weighted by molar-refractivity contribution is 6.30. The standard InChI is InChI=1S/C21H21ClFN3O2/c1-14(15-8-12-18(23)13-9-15)26(2)20(27)5-3-4-19-24-21(25-28-19)16-6-10-17(22)11-7-16/h6-14H,3-5H2,1-2H3. The van der Waals surface area contributed by atoms with Gasteiger partial charge in [0.05, 0.1) is 6.04 Å². The normalized spacial score (nSPS) is 12.0. The van der Waals surface area contributed by atoms with E-state index in [0.29, 0.717) is 36.0 Å². The molecule has 1 aromatic heterocycles. The highest BCUT2D eigenvalue weighted by atomic mass is 35.5. The van der Waals surface area contributed by atoms with E-state index in [9.17, 15) is 9.18 Å². The van der Waals surface area contributed by atoms with Crippen LogP contribution in [0.4, 0.5) is 4.39 Å². The molecule has 0 radical (unpaired) electrons. The minimum atomic E-state index is -0.289. The molecule has 3 rings (SSSR count). The van der Waals surface area contributed by atoms with Crippen molar-refractivity contribution in [3.63, 3.8) is 0 Å². The summed E-state index contributed by atoms with van der Waals surface area (Å²) in [6.07, 6.45) is 1.48. The first-order chi connectivity index (χ1) is 13.4. The Kier molecular flexibility index (Phi) is 6.41. The summed E-state index contributed by atoms with van der Waals surface area (Å²) in [5, 5.41) is 4.61. The smallest absolute Gasteiger partial charge is 0.226 e. The lowest BCUT2D eigenvalue weighted by atomic mass is 10.1. The maximum Gasteiger partial charge on any atom is 0.226 e. The van der Waals surface area contributed by atoms with Crippen LogP contribution in [-0.4, -0.2) is 28.0 Å². The molecule has 2 aromatic carbocycles. The van der Waals surface area contributed by atoms with E-state index < -0.39 is 0 Å². The second-order valence-electron chi connectivity index (χ2n) is 6.60. The van der Waals surface area contributed by atoms with Gasteiger partial charge in [0.25, 0.3) is 0 Å². The van der Waals surface area contributed by atoms with Crippen LogP contribution < -0.4 is 0 Å². The molecular formula is C21H21ClFN3O2.